The molecule has 0 aromatic heterocycles. The van der Waals surface area contributed by atoms with Crippen LogP contribution in [0.2, 0.25) is 0 Å². The van der Waals surface area contributed by atoms with E-state index in [0.717, 1.165) is 5.56 Å². The molecule has 0 saturated heterocycles. The van der Waals surface area contributed by atoms with E-state index >= 15 is 0 Å². The molecule has 0 atom stereocenters. The van der Waals surface area contributed by atoms with Crippen LogP contribution in [0.25, 0.3) is 0 Å². The van der Waals surface area contributed by atoms with Crippen molar-refractivity contribution in [3.63, 3.8) is 0 Å². The van der Waals surface area contributed by atoms with E-state index in [1.54, 1.807) is 18.2 Å². The molecule has 1 aromatic carbocycles. The van der Waals surface area contributed by atoms with Gasteiger partial charge in [0, 0.05) is 5.56 Å². The molecule has 0 amide bonds. The maximum atomic E-state index is 5.46. The number of hydrogen-bond acceptors (Lipinski definition) is 3. The fourth-order valence-electron chi connectivity index (χ4n) is 1.05. The number of benzene rings is 1. The highest BCUT2D eigenvalue weighted by molar-refractivity contribution is 7.80. The molecular formula is C9H7NO2S. The van der Waals surface area contributed by atoms with Crippen molar-refractivity contribution in [2.45, 2.75) is 0 Å². The summed E-state index contributed by atoms with van der Waals surface area (Å²) in [6.07, 6.45) is 2.94. The zero-order valence-electron chi connectivity index (χ0n) is 6.69. The van der Waals surface area contributed by atoms with Crippen LogP contribution in [0.4, 0.5) is 0 Å². The summed E-state index contributed by atoms with van der Waals surface area (Å²) in [6.45, 7) is 0. The van der Waals surface area contributed by atoms with Gasteiger partial charge < -0.3 is 15.2 Å². The highest BCUT2D eigenvalue weighted by Gasteiger charge is 2.09. The van der Waals surface area contributed by atoms with Crippen molar-refractivity contribution in [3.05, 3.63) is 36.3 Å². The molecule has 13 heavy (non-hydrogen) atoms. The highest BCUT2D eigenvalue weighted by Crippen LogP contribution is 2.30. The monoisotopic (exact) mass is 193 g/mol. The summed E-state index contributed by atoms with van der Waals surface area (Å²) in [7, 11) is 0. The van der Waals surface area contributed by atoms with Gasteiger partial charge in [-0.3, -0.25) is 0 Å². The Labute approximate surface area is 80.8 Å². The lowest BCUT2D eigenvalue weighted by Crippen LogP contribution is -2.09. The summed E-state index contributed by atoms with van der Waals surface area (Å²) in [6, 6.07) is 5.32. The second-order valence-corrected chi connectivity index (χ2v) is 2.97. The second-order valence-electron chi connectivity index (χ2n) is 2.53. The minimum Gasteiger partial charge on any atom is -0.458 e. The molecule has 1 aliphatic heterocycles. The van der Waals surface area contributed by atoms with Gasteiger partial charge in [-0.15, -0.1) is 0 Å². The zero-order valence-corrected chi connectivity index (χ0v) is 7.51. The van der Waals surface area contributed by atoms with Crippen LogP contribution in [0, 0.1) is 0 Å². The summed E-state index contributed by atoms with van der Waals surface area (Å²) in [5.41, 5.74) is 6.23. The molecular weight excluding hydrogens is 186 g/mol. The van der Waals surface area contributed by atoms with Crippen molar-refractivity contribution < 1.29 is 9.47 Å². The molecule has 66 valence electrons. The van der Waals surface area contributed by atoms with Crippen molar-refractivity contribution in [1.82, 2.24) is 0 Å². The van der Waals surface area contributed by atoms with Gasteiger partial charge in [0.05, 0.1) is 0 Å². The molecule has 0 spiro atoms. The lowest BCUT2D eigenvalue weighted by Gasteiger charge is -2.12. The first-order valence-electron chi connectivity index (χ1n) is 3.69. The van der Waals surface area contributed by atoms with Crippen LogP contribution >= 0.6 is 12.2 Å². The van der Waals surface area contributed by atoms with Gasteiger partial charge in [0.15, 0.2) is 11.5 Å². The molecule has 4 heteroatoms. The standard InChI is InChI=1S/C9H7NO2S/c10-9(13)6-1-2-7-8(5-6)12-4-3-11-7/h1-5H,(H2,10,13). The Bertz CT molecular complexity index is 387. The third kappa shape index (κ3) is 1.48. The molecule has 2 rings (SSSR count). The molecule has 0 bridgehead atoms. The molecule has 0 aliphatic carbocycles. The van der Waals surface area contributed by atoms with Gasteiger partial charge >= 0.3 is 0 Å². The Morgan fingerprint density at radius 2 is 1.85 bits per heavy atom. The van der Waals surface area contributed by atoms with E-state index in [4.69, 9.17) is 27.4 Å². The predicted molar refractivity (Wildman–Crippen MR) is 52.7 cm³/mol. The molecule has 0 unspecified atom stereocenters. The molecule has 1 heterocycles. The van der Waals surface area contributed by atoms with Crippen LogP contribution in [0.3, 0.4) is 0 Å². The lowest BCUT2D eigenvalue weighted by molar-refractivity contribution is 0.361. The van der Waals surface area contributed by atoms with E-state index in [1.807, 2.05) is 0 Å². The van der Waals surface area contributed by atoms with Crippen LogP contribution in [-0.2, 0) is 0 Å². The van der Waals surface area contributed by atoms with Gasteiger partial charge in [-0.2, -0.15) is 0 Å². The summed E-state index contributed by atoms with van der Waals surface area (Å²) in [5.74, 6) is 1.30. The lowest BCUT2D eigenvalue weighted by atomic mass is 10.2. The number of nitrogens with two attached hydrogens (primary N) is 1. The van der Waals surface area contributed by atoms with E-state index in [9.17, 15) is 0 Å². The maximum absolute atomic E-state index is 5.46. The summed E-state index contributed by atoms with van der Waals surface area (Å²) in [4.78, 5) is 0.348. The third-order valence-electron chi connectivity index (χ3n) is 1.67. The Balaban J connectivity index is 2.44. The molecule has 0 radical (unpaired) electrons. The van der Waals surface area contributed by atoms with Crippen LogP contribution in [0.5, 0.6) is 11.5 Å². The van der Waals surface area contributed by atoms with Crippen molar-refractivity contribution in [2.24, 2.45) is 5.73 Å². The van der Waals surface area contributed by atoms with Crippen molar-refractivity contribution in [2.75, 3.05) is 0 Å². The summed E-state index contributed by atoms with van der Waals surface area (Å²) < 4.78 is 10.4. The van der Waals surface area contributed by atoms with Crippen LogP contribution in [0.1, 0.15) is 5.56 Å². The Morgan fingerprint density at radius 3 is 2.54 bits per heavy atom. The third-order valence-corrected chi connectivity index (χ3v) is 1.91. The maximum Gasteiger partial charge on any atom is 0.169 e. The van der Waals surface area contributed by atoms with Crippen molar-refractivity contribution in [1.29, 1.82) is 0 Å². The van der Waals surface area contributed by atoms with Crippen LogP contribution in [0.15, 0.2) is 30.7 Å². The Hall–Kier alpha value is -1.55. The van der Waals surface area contributed by atoms with E-state index in [-0.39, 0.29) is 0 Å². The van der Waals surface area contributed by atoms with Gasteiger partial charge in [-0.25, -0.2) is 0 Å². The number of thiocarbonyl (C=S) groups is 1. The first kappa shape index (κ1) is 8.07. The van der Waals surface area contributed by atoms with Gasteiger partial charge in [0.2, 0.25) is 0 Å². The van der Waals surface area contributed by atoms with E-state index in [0.29, 0.717) is 16.5 Å². The van der Waals surface area contributed by atoms with E-state index < -0.39 is 0 Å². The van der Waals surface area contributed by atoms with Crippen molar-refractivity contribution >= 4 is 17.2 Å². The van der Waals surface area contributed by atoms with E-state index in [1.165, 1.54) is 12.5 Å². The van der Waals surface area contributed by atoms with Gasteiger partial charge in [-0.1, -0.05) is 12.2 Å². The quantitative estimate of drug-likeness (QED) is 0.687. The average molecular weight is 193 g/mol. The molecule has 0 fully saturated rings. The first-order valence-corrected chi connectivity index (χ1v) is 4.10. The van der Waals surface area contributed by atoms with Crippen LogP contribution in [-0.4, -0.2) is 4.99 Å². The van der Waals surface area contributed by atoms with Gasteiger partial charge in [-0.05, 0) is 18.2 Å². The minimum atomic E-state index is 0.348. The van der Waals surface area contributed by atoms with E-state index in [2.05, 4.69) is 0 Å². The number of ether oxygens (including phenoxy) is 2. The largest absolute Gasteiger partial charge is 0.458 e. The van der Waals surface area contributed by atoms with Crippen LogP contribution < -0.4 is 15.2 Å². The fraction of sp³-hybridized carbons (Fsp3) is 0. The first-order chi connectivity index (χ1) is 6.27. The van der Waals surface area contributed by atoms with Crippen molar-refractivity contribution in [3.8, 4) is 11.5 Å². The average Bonchev–Trinajstić information content (AvgIpc) is 2.17. The SMILES string of the molecule is NC(=S)c1ccc2c(c1)OC=CO2. The minimum absolute atomic E-state index is 0.348. The number of hydrogen-bond donors (Lipinski definition) is 1. The molecule has 2 N–H and O–H groups in total. The predicted octanol–water partition coefficient (Wildman–Crippen LogP) is 1.56. The van der Waals surface area contributed by atoms with Gasteiger partial charge in [0.1, 0.15) is 17.5 Å². The zero-order chi connectivity index (χ0) is 9.26. The summed E-state index contributed by atoms with van der Waals surface area (Å²) in [5, 5.41) is 0. The second kappa shape index (κ2) is 3.06. The Kier molecular flexibility index (Phi) is 1.90. The Morgan fingerprint density at radius 1 is 1.15 bits per heavy atom. The molecule has 3 nitrogen and oxygen atoms in total. The number of fused-ring (bicyclic) bond motifs is 1. The summed E-state index contributed by atoms with van der Waals surface area (Å²) >= 11 is 4.83. The topological polar surface area (TPSA) is 44.5 Å². The number of rotatable bonds is 1. The van der Waals surface area contributed by atoms with Gasteiger partial charge in [0.25, 0.3) is 0 Å². The fourth-order valence-corrected chi connectivity index (χ4v) is 1.18. The molecule has 0 saturated carbocycles. The molecule has 1 aliphatic rings. The molecule has 1 aromatic rings. The highest BCUT2D eigenvalue weighted by atomic mass is 32.1. The smallest absolute Gasteiger partial charge is 0.169 e. The normalized spacial score (nSPS) is 12.6.